The number of rotatable bonds is 3. The van der Waals surface area contributed by atoms with E-state index in [0.717, 1.165) is 16.5 Å². The zero-order valence-electron chi connectivity index (χ0n) is 11.6. The normalized spacial score (nSPS) is 11.5. The topological polar surface area (TPSA) is 49.9 Å². The highest BCUT2D eigenvalue weighted by molar-refractivity contribution is 6.10. The molecule has 0 saturated heterocycles. The molecule has 0 atom stereocenters. The molecule has 0 amide bonds. The van der Waals surface area contributed by atoms with Crippen molar-refractivity contribution < 1.29 is 0 Å². The van der Waals surface area contributed by atoms with E-state index in [2.05, 4.69) is 24.3 Å². The molecule has 0 bridgehead atoms. The van der Waals surface area contributed by atoms with Gasteiger partial charge in [-0.3, -0.25) is 0 Å². The number of fused-ring (bicyclic) bond motifs is 1. The first-order chi connectivity index (χ1) is 10.2. The minimum absolute atomic E-state index is 0.418. The Balaban J connectivity index is 1.94. The lowest BCUT2D eigenvalue weighted by Gasteiger charge is -2.05. The molecule has 2 nitrogen and oxygen atoms in total. The monoisotopic (exact) mass is 272 g/mol. The second-order valence-electron chi connectivity index (χ2n) is 4.94. The van der Waals surface area contributed by atoms with E-state index in [1.807, 2.05) is 48.5 Å². The van der Waals surface area contributed by atoms with Crippen molar-refractivity contribution in [3.63, 3.8) is 0 Å². The lowest BCUT2D eigenvalue weighted by molar-refractivity contribution is 1.47. The average Bonchev–Trinajstić information content (AvgIpc) is 2.55. The molecule has 0 aliphatic rings. The summed E-state index contributed by atoms with van der Waals surface area (Å²) >= 11 is 0. The quantitative estimate of drug-likeness (QED) is 0.689. The number of allylic oxidation sites excluding steroid dienone is 1. The Kier molecular flexibility index (Phi) is 3.52. The highest BCUT2D eigenvalue weighted by Crippen LogP contribution is 2.19. The van der Waals surface area contributed by atoms with Crippen molar-refractivity contribution in [2.24, 2.45) is 5.73 Å². The third-order valence-corrected chi connectivity index (χ3v) is 3.47. The van der Waals surface area contributed by atoms with E-state index in [4.69, 9.17) is 11.1 Å². The van der Waals surface area contributed by atoms with Gasteiger partial charge in [0.2, 0.25) is 0 Å². The third kappa shape index (κ3) is 2.84. The van der Waals surface area contributed by atoms with E-state index in [1.165, 1.54) is 5.39 Å². The van der Waals surface area contributed by atoms with Gasteiger partial charge in [0.25, 0.3) is 0 Å². The van der Waals surface area contributed by atoms with Crippen LogP contribution in [-0.4, -0.2) is 5.71 Å². The number of benzene rings is 3. The SMILES string of the molecule is N=C(C=C(N)c1ccc2ccccc2c1)c1ccccc1. The Morgan fingerprint density at radius 3 is 2.19 bits per heavy atom. The number of nitrogens with two attached hydrogens (primary N) is 1. The summed E-state index contributed by atoms with van der Waals surface area (Å²) < 4.78 is 0. The van der Waals surface area contributed by atoms with Crippen LogP contribution in [0.5, 0.6) is 0 Å². The Morgan fingerprint density at radius 2 is 1.43 bits per heavy atom. The highest BCUT2D eigenvalue weighted by Gasteiger charge is 2.02. The van der Waals surface area contributed by atoms with Crippen molar-refractivity contribution in [2.45, 2.75) is 0 Å². The molecule has 0 aliphatic heterocycles. The second-order valence-corrected chi connectivity index (χ2v) is 4.94. The van der Waals surface area contributed by atoms with E-state index in [-0.39, 0.29) is 0 Å². The van der Waals surface area contributed by atoms with Crippen LogP contribution in [0.1, 0.15) is 11.1 Å². The van der Waals surface area contributed by atoms with Crippen LogP contribution in [0.4, 0.5) is 0 Å². The van der Waals surface area contributed by atoms with Gasteiger partial charge in [-0.25, -0.2) is 0 Å². The molecule has 3 aromatic rings. The molecule has 0 unspecified atom stereocenters. The molecule has 3 rings (SSSR count). The average molecular weight is 272 g/mol. The van der Waals surface area contributed by atoms with Crippen LogP contribution >= 0.6 is 0 Å². The molecule has 3 N–H and O–H groups in total. The van der Waals surface area contributed by atoms with Gasteiger partial charge in [0.15, 0.2) is 0 Å². The van der Waals surface area contributed by atoms with Gasteiger partial charge in [-0.15, -0.1) is 0 Å². The molecule has 21 heavy (non-hydrogen) atoms. The van der Waals surface area contributed by atoms with Gasteiger partial charge in [0, 0.05) is 5.70 Å². The maximum absolute atomic E-state index is 8.12. The second kappa shape index (κ2) is 5.63. The van der Waals surface area contributed by atoms with Crippen LogP contribution in [-0.2, 0) is 0 Å². The predicted molar refractivity (Wildman–Crippen MR) is 89.4 cm³/mol. The molecule has 0 fully saturated rings. The Bertz CT molecular complexity index is 817. The summed E-state index contributed by atoms with van der Waals surface area (Å²) in [6, 6.07) is 23.9. The van der Waals surface area contributed by atoms with Crippen molar-refractivity contribution in [1.29, 1.82) is 5.41 Å². The molecule has 3 aromatic carbocycles. The number of nitrogens with one attached hydrogen (secondary N) is 1. The molecular weight excluding hydrogens is 256 g/mol. The first-order valence-corrected chi connectivity index (χ1v) is 6.84. The van der Waals surface area contributed by atoms with Gasteiger partial charge in [0.1, 0.15) is 0 Å². The van der Waals surface area contributed by atoms with Crippen molar-refractivity contribution in [3.8, 4) is 0 Å². The molecule has 0 radical (unpaired) electrons. The molecule has 0 aromatic heterocycles. The van der Waals surface area contributed by atoms with Gasteiger partial charge in [0.05, 0.1) is 5.71 Å². The highest BCUT2D eigenvalue weighted by atomic mass is 14.6. The zero-order valence-corrected chi connectivity index (χ0v) is 11.6. The van der Waals surface area contributed by atoms with Gasteiger partial charge in [-0.1, -0.05) is 66.7 Å². The van der Waals surface area contributed by atoms with E-state index < -0.39 is 0 Å². The first kappa shape index (κ1) is 13.1. The Morgan fingerprint density at radius 1 is 0.762 bits per heavy atom. The van der Waals surface area contributed by atoms with Gasteiger partial charge < -0.3 is 11.1 Å². The molecule has 0 aliphatic carbocycles. The lowest BCUT2D eigenvalue weighted by Crippen LogP contribution is -2.02. The molecule has 0 heterocycles. The van der Waals surface area contributed by atoms with Gasteiger partial charge in [-0.05, 0) is 34.0 Å². The standard InChI is InChI=1S/C19H16N2/c20-18(15-7-2-1-3-8-15)13-19(21)17-11-10-14-6-4-5-9-16(14)12-17/h1-13,20H,21H2. The van der Waals surface area contributed by atoms with Crippen LogP contribution in [0.25, 0.3) is 16.5 Å². The Labute approximate surface area is 124 Å². The van der Waals surface area contributed by atoms with E-state index in [0.29, 0.717) is 11.4 Å². The predicted octanol–water partition coefficient (Wildman–Crippen LogP) is 4.21. The van der Waals surface area contributed by atoms with E-state index in [9.17, 15) is 0 Å². The molecule has 0 saturated carbocycles. The maximum atomic E-state index is 8.12. The van der Waals surface area contributed by atoms with Crippen LogP contribution in [0.2, 0.25) is 0 Å². The van der Waals surface area contributed by atoms with Crippen LogP contribution in [0, 0.1) is 5.41 Å². The van der Waals surface area contributed by atoms with Crippen molar-refractivity contribution in [1.82, 2.24) is 0 Å². The van der Waals surface area contributed by atoms with Crippen molar-refractivity contribution >= 4 is 22.2 Å². The number of hydrogen-bond donors (Lipinski definition) is 2. The van der Waals surface area contributed by atoms with E-state index >= 15 is 0 Å². The van der Waals surface area contributed by atoms with E-state index in [1.54, 1.807) is 6.08 Å². The van der Waals surface area contributed by atoms with Crippen LogP contribution < -0.4 is 5.73 Å². The summed E-state index contributed by atoms with van der Waals surface area (Å²) in [7, 11) is 0. The smallest absolute Gasteiger partial charge is 0.0632 e. The molecule has 102 valence electrons. The lowest BCUT2D eigenvalue weighted by atomic mass is 10.0. The van der Waals surface area contributed by atoms with Crippen molar-refractivity contribution in [3.05, 3.63) is 90.0 Å². The maximum Gasteiger partial charge on any atom is 0.0632 e. The summed E-state index contributed by atoms with van der Waals surface area (Å²) in [5.41, 5.74) is 8.97. The summed E-state index contributed by atoms with van der Waals surface area (Å²) in [6.07, 6.45) is 1.71. The fourth-order valence-electron chi connectivity index (χ4n) is 2.31. The fraction of sp³-hybridized carbons (Fsp3) is 0. The summed E-state index contributed by atoms with van der Waals surface area (Å²) in [4.78, 5) is 0. The zero-order chi connectivity index (χ0) is 14.7. The van der Waals surface area contributed by atoms with Crippen LogP contribution in [0.15, 0.2) is 78.9 Å². The molecule has 0 spiro atoms. The van der Waals surface area contributed by atoms with Crippen molar-refractivity contribution in [2.75, 3.05) is 0 Å². The molecule has 2 heteroatoms. The third-order valence-electron chi connectivity index (χ3n) is 3.47. The fourth-order valence-corrected chi connectivity index (χ4v) is 2.31. The molecular formula is C19H16N2. The minimum atomic E-state index is 0.418. The summed E-state index contributed by atoms with van der Waals surface area (Å²) in [5, 5.41) is 10.5. The largest absolute Gasteiger partial charge is 0.398 e. The number of hydrogen-bond acceptors (Lipinski definition) is 2. The van der Waals surface area contributed by atoms with Crippen LogP contribution in [0.3, 0.4) is 0 Å². The summed E-state index contributed by atoms with van der Waals surface area (Å²) in [6.45, 7) is 0. The Hall–Kier alpha value is -2.87. The van der Waals surface area contributed by atoms with Gasteiger partial charge in [-0.2, -0.15) is 0 Å². The van der Waals surface area contributed by atoms with Gasteiger partial charge >= 0.3 is 0 Å². The minimum Gasteiger partial charge on any atom is -0.398 e. The summed E-state index contributed by atoms with van der Waals surface area (Å²) in [5.74, 6) is 0. The first-order valence-electron chi connectivity index (χ1n) is 6.84.